The van der Waals surface area contributed by atoms with Crippen LogP contribution in [0.3, 0.4) is 0 Å². The SMILES string of the molecule is Cc1cccc(C(O)c2cccc3[nH]ccc23)c1C. The topological polar surface area (TPSA) is 36.0 Å². The molecular weight excluding hydrogens is 234 g/mol. The lowest BCUT2D eigenvalue weighted by Crippen LogP contribution is -2.03. The van der Waals surface area contributed by atoms with Gasteiger partial charge in [0, 0.05) is 17.1 Å². The first-order valence-corrected chi connectivity index (χ1v) is 6.48. The predicted octanol–water partition coefficient (Wildman–Crippen LogP) is 3.87. The second kappa shape index (κ2) is 4.56. The molecule has 2 heteroatoms. The summed E-state index contributed by atoms with van der Waals surface area (Å²) < 4.78 is 0. The van der Waals surface area contributed by atoms with Gasteiger partial charge in [-0.15, -0.1) is 0 Å². The van der Waals surface area contributed by atoms with Crippen molar-refractivity contribution in [2.24, 2.45) is 0 Å². The molecule has 19 heavy (non-hydrogen) atoms. The van der Waals surface area contributed by atoms with Gasteiger partial charge in [-0.1, -0.05) is 30.3 Å². The maximum atomic E-state index is 10.7. The van der Waals surface area contributed by atoms with Gasteiger partial charge in [0.25, 0.3) is 0 Å². The molecule has 3 rings (SSSR count). The van der Waals surface area contributed by atoms with Gasteiger partial charge in [-0.05, 0) is 48.2 Å². The molecule has 1 unspecified atom stereocenters. The molecule has 3 aromatic rings. The molecule has 0 aliphatic carbocycles. The summed E-state index contributed by atoms with van der Waals surface area (Å²) in [5.74, 6) is 0. The molecule has 0 aliphatic heterocycles. The molecule has 0 saturated heterocycles. The van der Waals surface area contributed by atoms with Gasteiger partial charge in [-0.2, -0.15) is 0 Å². The third-order valence-corrected chi connectivity index (χ3v) is 3.86. The van der Waals surface area contributed by atoms with E-state index in [2.05, 4.69) is 24.9 Å². The molecule has 0 aliphatic rings. The van der Waals surface area contributed by atoms with Crippen molar-refractivity contribution in [2.75, 3.05) is 0 Å². The van der Waals surface area contributed by atoms with E-state index >= 15 is 0 Å². The zero-order valence-electron chi connectivity index (χ0n) is 11.1. The summed E-state index contributed by atoms with van der Waals surface area (Å²) in [7, 11) is 0. The average Bonchev–Trinajstić information content (AvgIpc) is 2.89. The van der Waals surface area contributed by atoms with Crippen LogP contribution in [0.5, 0.6) is 0 Å². The van der Waals surface area contributed by atoms with Crippen molar-refractivity contribution in [2.45, 2.75) is 20.0 Å². The Labute approximate surface area is 112 Å². The van der Waals surface area contributed by atoms with Crippen LogP contribution in [0.1, 0.15) is 28.4 Å². The minimum absolute atomic E-state index is 0.584. The highest BCUT2D eigenvalue weighted by Crippen LogP contribution is 2.30. The Kier molecular flexibility index (Phi) is 2.88. The number of aliphatic hydroxyl groups is 1. The largest absolute Gasteiger partial charge is 0.384 e. The smallest absolute Gasteiger partial charge is 0.105 e. The fourth-order valence-electron chi connectivity index (χ4n) is 2.59. The third kappa shape index (κ3) is 1.94. The van der Waals surface area contributed by atoms with Crippen LogP contribution in [0.25, 0.3) is 10.9 Å². The van der Waals surface area contributed by atoms with Gasteiger partial charge in [-0.3, -0.25) is 0 Å². The summed E-state index contributed by atoms with van der Waals surface area (Å²) in [5, 5.41) is 11.8. The Morgan fingerprint density at radius 3 is 2.53 bits per heavy atom. The van der Waals surface area contributed by atoms with E-state index in [-0.39, 0.29) is 0 Å². The van der Waals surface area contributed by atoms with E-state index in [1.807, 2.05) is 42.6 Å². The van der Waals surface area contributed by atoms with Gasteiger partial charge in [-0.25, -0.2) is 0 Å². The number of rotatable bonds is 2. The van der Waals surface area contributed by atoms with E-state index in [9.17, 15) is 5.11 Å². The third-order valence-electron chi connectivity index (χ3n) is 3.86. The van der Waals surface area contributed by atoms with Crippen molar-refractivity contribution >= 4 is 10.9 Å². The summed E-state index contributed by atoms with van der Waals surface area (Å²) in [6.07, 6.45) is 1.32. The van der Waals surface area contributed by atoms with Crippen molar-refractivity contribution in [3.8, 4) is 0 Å². The van der Waals surface area contributed by atoms with Gasteiger partial charge in [0.15, 0.2) is 0 Å². The molecule has 0 amide bonds. The minimum atomic E-state index is -0.584. The van der Waals surface area contributed by atoms with Crippen LogP contribution >= 0.6 is 0 Å². The van der Waals surface area contributed by atoms with E-state index in [0.717, 1.165) is 27.6 Å². The first kappa shape index (κ1) is 12.0. The monoisotopic (exact) mass is 251 g/mol. The van der Waals surface area contributed by atoms with Crippen molar-refractivity contribution in [3.05, 3.63) is 70.9 Å². The molecule has 0 spiro atoms. The Hall–Kier alpha value is -2.06. The molecule has 2 nitrogen and oxygen atoms in total. The average molecular weight is 251 g/mol. The molecule has 0 fully saturated rings. The Bertz CT molecular complexity index is 727. The Balaban J connectivity index is 2.16. The van der Waals surface area contributed by atoms with Gasteiger partial charge in [0.05, 0.1) is 0 Å². The van der Waals surface area contributed by atoms with Gasteiger partial charge in [0.2, 0.25) is 0 Å². The number of hydrogen-bond acceptors (Lipinski definition) is 1. The van der Waals surface area contributed by atoms with Crippen LogP contribution in [0.15, 0.2) is 48.7 Å². The van der Waals surface area contributed by atoms with Gasteiger partial charge < -0.3 is 10.1 Å². The van der Waals surface area contributed by atoms with Crippen LogP contribution in [0, 0.1) is 13.8 Å². The second-order valence-corrected chi connectivity index (χ2v) is 4.98. The summed E-state index contributed by atoms with van der Waals surface area (Å²) in [5.41, 5.74) is 5.35. The van der Waals surface area contributed by atoms with Crippen molar-refractivity contribution in [1.29, 1.82) is 0 Å². The van der Waals surface area contributed by atoms with E-state index in [1.165, 1.54) is 5.56 Å². The summed E-state index contributed by atoms with van der Waals surface area (Å²) in [6.45, 7) is 4.13. The summed E-state index contributed by atoms with van der Waals surface area (Å²) >= 11 is 0. The lowest BCUT2D eigenvalue weighted by molar-refractivity contribution is 0.221. The number of benzene rings is 2. The first-order chi connectivity index (χ1) is 9.18. The number of aromatic amines is 1. The standard InChI is InChI=1S/C17H17NO/c1-11-5-3-6-13(12(11)2)17(19)15-7-4-8-16-14(15)9-10-18-16/h3-10,17-19H,1-2H3. The Morgan fingerprint density at radius 1 is 0.947 bits per heavy atom. The quantitative estimate of drug-likeness (QED) is 0.712. The van der Waals surface area contributed by atoms with Crippen LogP contribution in [0.4, 0.5) is 0 Å². The van der Waals surface area contributed by atoms with Gasteiger partial charge in [0.1, 0.15) is 6.10 Å². The van der Waals surface area contributed by atoms with E-state index in [1.54, 1.807) is 0 Å². The number of aliphatic hydroxyl groups excluding tert-OH is 1. The number of aryl methyl sites for hydroxylation is 1. The normalized spacial score (nSPS) is 12.8. The zero-order valence-corrected chi connectivity index (χ0v) is 11.1. The highest BCUT2D eigenvalue weighted by atomic mass is 16.3. The van der Waals surface area contributed by atoms with Crippen LogP contribution < -0.4 is 0 Å². The number of aromatic nitrogens is 1. The summed E-state index contributed by atoms with van der Waals surface area (Å²) in [6, 6.07) is 14.1. The summed E-state index contributed by atoms with van der Waals surface area (Å²) in [4.78, 5) is 3.18. The molecule has 2 aromatic carbocycles. The highest BCUT2D eigenvalue weighted by molar-refractivity contribution is 5.83. The molecule has 96 valence electrons. The predicted molar refractivity (Wildman–Crippen MR) is 78.3 cm³/mol. The molecule has 1 atom stereocenters. The number of nitrogens with one attached hydrogen (secondary N) is 1. The number of fused-ring (bicyclic) bond motifs is 1. The Morgan fingerprint density at radius 2 is 1.68 bits per heavy atom. The van der Waals surface area contributed by atoms with Crippen LogP contribution in [0.2, 0.25) is 0 Å². The zero-order chi connectivity index (χ0) is 13.4. The molecular formula is C17H17NO. The lowest BCUT2D eigenvalue weighted by Gasteiger charge is -2.16. The molecule has 0 bridgehead atoms. The maximum absolute atomic E-state index is 10.7. The van der Waals surface area contributed by atoms with E-state index in [4.69, 9.17) is 0 Å². The van der Waals surface area contributed by atoms with Crippen LogP contribution in [-0.4, -0.2) is 10.1 Å². The molecule has 1 heterocycles. The molecule has 1 aromatic heterocycles. The minimum Gasteiger partial charge on any atom is -0.384 e. The van der Waals surface area contributed by atoms with Gasteiger partial charge >= 0.3 is 0 Å². The number of hydrogen-bond donors (Lipinski definition) is 2. The highest BCUT2D eigenvalue weighted by Gasteiger charge is 2.16. The second-order valence-electron chi connectivity index (χ2n) is 4.98. The fraction of sp³-hybridized carbons (Fsp3) is 0.176. The molecule has 0 saturated carbocycles. The van der Waals surface area contributed by atoms with Crippen molar-refractivity contribution in [1.82, 2.24) is 4.98 Å². The first-order valence-electron chi connectivity index (χ1n) is 6.48. The number of H-pyrrole nitrogens is 1. The fourth-order valence-corrected chi connectivity index (χ4v) is 2.59. The van der Waals surface area contributed by atoms with E-state index in [0.29, 0.717) is 0 Å². The van der Waals surface area contributed by atoms with Crippen molar-refractivity contribution < 1.29 is 5.11 Å². The molecule has 0 radical (unpaired) electrons. The van der Waals surface area contributed by atoms with E-state index < -0.39 is 6.10 Å². The van der Waals surface area contributed by atoms with Crippen LogP contribution in [-0.2, 0) is 0 Å². The lowest BCUT2D eigenvalue weighted by atomic mass is 9.93. The van der Waals surface area contributed by atoms with Crippen molar-refractivity contribution in [3.63, 3.8) is 0 Å². The molecule has 2 N–H and O–H groups in total. The maximum Gasteiger partial charge on any atom is 0.105 e.